The number of nitrogens with zero attached hydrogens (tertiary/aromatic N) is 1. The first-order valence-electron chi connectivity index (χ1n) is 8.04. The van der Waals surface area contributed by atoms with E-state index in [1.807, 2.05) is 0 Å². The predicted octanol–water partition coefficient (Wildman–Crippen LogP) is 1.49. The number of aliphatic hydroxyl groups excluding tert-OH is 1. The standard InChI is InChI=1S/C18H21N3O2/c1-10(22)20-18(23)12-6-14-13-4-3-5-15-17(13)11(8-19-15)7-16(14)21(2)9-12/h3-6,8,10,12,16,19,22H,7,9H2,1-2H3,(H,20,23). The van der Waals surface area contributed by atoms with E-state index in [2.05, 4.69) is 52.7 Å². The third-order valence-electron chi connectivity index (χ3n) is 4.96. The van der Waals surface area contributed by atoms with Crippen LogP contribution in [-0.4, -0.2) is 46.8 Å². The Morgan fingerprint density at radius 1 is 1.48 bits per heavy atom. The molecule has 3 unspecified atom stereocenters. The minimum atomic E-state index is -0.824. The van der Waals surface area contributed by atoms with Crippen LogP contribution in [0.15, 0.2) is 30.5 Å². The van der Waals surface area contributed by atoms with Gasteiger partial charge in [0.1, 0.15) is 6.23 Å². The second-order valence-electron chi connectivity index (χ2n) is 6.61. The quantitative estimate of drug-likeness (QED) is 0.736. The second kappa shape index (κ2) is 5.22. The van der Waals surface area contributed by atoms with Gasteiger partial charge in [-0.3, -0.25) is 9.69 Å². The summed E-state index contributed by atoms with van der Waals surface area (Å²) < 4.78 is 0. The Morgan fingerprint density at radius 2 is 2.30 bits per heavy atom. The Morgan fingerprint density at radius 3 is 3.09 bits per heavy atom. The highest BCUT2D eigenvalue weighted by molar-refractivity contribution is 5.99. The second-order valence-corrected chi connectivity index (χ2v) is 6.61. The van der Waals surface area contributed by atoms with Gasteiger partial charge in [-0.15, -0.1) is 0 Å². The van der Waals surface area contributed by atoms with Gasteiger partial charge in [0, 0.05) is 29.7 Å². The molecular weight excluding hydrogens is 290 g/mol. The maximum atomic E-state index is 12.3. The van der Waals surface area contributed by atoms with Crippen LogP contribution in [0.3, 0.4) is 0 Å². The number of fused-ring (bicyclic) bond motifs is 2. The average Bonchev–Trinajstić information content (AvgIpc) is 2.92. The summed E-state index contributed by atoms with van der Waals surface area (Å²) in [5, 5.41) is 13.3. The van der Waals surface area contributed by atoms with Crippen LogP contribution >= 0.6 is 0 Å². The third kappa shape index (κ3) is 2.28. The lowest BCUT2D eigenvalue weighted by Gasteiger charge is -2.39. The lowest BCUT2D eigenvalue weighted by Crippen LogP contribution is -2.47. The fourth-order valence-corrected chi connectivity index (χ4v) is 3.93. The Bertz CT molecular complexity index is 806. The molecule has 1 aromatic heterocycles. The van der Waals surface area contributed by atoms with E-state index in [1.54, 1.807) is 6.92 Å². The van der Waals surface area contributed by atoms with Crippen LogP contribution in [-0.2, 0) is 11.2 Å². The Labute approximate surface area is 135 Å². The highest BCUT2D eigenvalue weighted by Crippen LogP contribution is 2.40. The van der Waals surface area contributed by atoms with Gasteiger partial charge in [-0.2, -0.15) is 0 Å². The van der Waals surface area contributed by atoms with E-state index < -0.39 is 6.23 Å². The number of likely N-dealkylation sites (N-methyl/N-ethyl adjacent to an activating group) is 1. The van der Waals surface area contributed by atoms with Crippen molar-refractivity contribution in [2.24, 2.45) is 5.92 Å². The summed E-state index contributed by atoms with van der Waals surface area (Å²) in [6.45, 7) is 2.23. The molecule has 3 N–H and O–H groups in total. The van der Waals surface area contributed by atoms with Crippen LogP contribution in [0.4, 0.5) is 0 Å². The van der Waals surface area contributed by atoms with E-state index in [0.29, 0.717) is 12.6 Å². The van der Waals surface area contributed by atoms with Crippen molar-refractivity contribution in [1.29, 1.82) is 0 Å². The molecule has 0 radical (unpaired) electrons. The number of carbonyl (C=O) groups excluding carboxylic acids is 1. The van der Waals surface area contributed by atoms with Crippen LogP contribution in [0.1, 0.15) is 18.1 Å². The fraction of sp³-hybridized carbons (Fsp3) is 0.389. The molecule has 120 valence electrons. The van der Waals surface area contributed by atoms with E-state index in [1.165, 1.54) is 22.1 Å². The molecule has 3 atom stereocenters. The van der Waals surface area contributed by atoms with Gasteiger partial charge in [0.2, 0.25) is 5.91 Å². The maximum absolute atomic E-state index is 12.3. The number of benzene rings is 1. The van der Waals surface area contributed by atoms with Crippen molar-refractivity contribution >= 4 is 22.4 Å². The van der Waals surface area contributed by atoms with Crippen molar-refractivity contribution in [1.82, 2.24) is 15.2 Å². The summed E-state index contributed by atoms with van der Waals surface area (Å²) in [4.78, 5) is 17.9. The van der Waals surface area contributed by atoms with Crippen LogP contribution < -0.4 is 5.32 Å². The topological polar surface area (TPSA) is 68.4 Å². The molecule has 0 fully saturated rings. The van der Waals surface area contributed by atoms with Gasteiger partial charge in [0.25, 0.3) is 0 Å². The number of aliphatic hydroxyl groups is 1. The van der Waals surface area contributed by atoms with Crippen molar-refractivity contribution in [3.63, 3.8) is 0 Å². The summed E-state index contributed by atoms with van der Waals surface area (Å²) in [6, 6.07) is 6.59. The molecule has 2 aliphatic rings. The maximum Gasteiger partial charge on any atom is 0.230 e. The minimum Gasteiger partial charge on any atom is -0.374 e. The van der Waals surface area contributed by atoms with Gasteiger partial charge in [0.05, 0.1) is 5.92 Å². The molecule has 1 aromatic carbocycles. The van der Waals surface area contributed by atoms with E-state index >= 15 is 0 Å². The van der Waals surface area contributed by atoms with Crippen molar-refractivity contribution < 1.29 is 9.90 Å². The van der Waals surface area contributed by atoms with E-state index in [9.17, 15) is 9.90 Å². The van der Waals surface area contributed by atoms with Crippen molar-refractivity contribution in [3.05, 3.63) is 41.6 Å². The number of nitrogens with one attached hydrogen (secondary N) is 2. The van der Waals surface area contributed by atoms with Crippen molar-refractivity contribution in [2.45, 2.75) is 25.6 Å². The van der Waals surface area contributed by atoms with Crippen molar-refractivity contribution in [3.8, 4) is 0 Å². The van der Waals surface area contributed by atoms with Gasteiger partial charge in [-0.25, -0.2) is 0 Å². The molecule has 5 heteroatoms. The molecule has 0 spiro atoms. The fourth-order valence-electron chi connectivity index (χ4n) is 3.93. The van der Waals surface area contributed by atoms with Crippen LogP contribution in [0, 0.1) is 5.92 Å². The summed E-state index contributed by atoms with van der Waals surface area (Å²) in [5.41, 5.74) is 4.94. The number of amides is 1. The Hall–Kier alpha value is -2.11. The van der Waals surface area contributed by atoms with Gasteiger partial charge < -0.3 is 15.4 Å². The summed E-state index contributed by atoms with van der Waals surface area (Å²) in [5.74, 6) is -0.360. The van der Waals surface area contributed by atoms with Crippen LogP contribution in [0.25, 0.3) is 16.5 Å². The van der Waals surface area contributed by atoms with Crippen LogP contribution in [0.2, 0.25) is 0 Å². The zero-order valence-electron chi connectivity index (χ0n) is 13.3. The summed E-state index contributed by atoms with van der Waals surface area (Å²) >= 11 is 0. The van der Waals surface area contributed by atoms with Gasteiger partial charge in [-0.05, 0) is 43.2 Å². The zero-order valence-corrected chi connectivity index (χ0v) is 13.3. The van der Waals surface area contributed by atoms with Gasteiger partial charge in [0.15, 0.2) is 0 Å². The molecule has 1 amide bonds. The molecule has 1 aliphatic carbocycles. The Balaban J connectivity index is 1.80. The third-order valence-corrected chi connectivity index (χ3v) is 4.96. The molecule has 2 aromatic rings. The normalized spacial score (nSPS) is 24.9. The molecule has 2 heterocycles. The van der Waals surface area contributed by atoms with Gasteiger partial charge in [-0.1, -0.05) is 18.2 Å². The molecule has 0 saturated carbocycles. The average molecular weight is 311 g/mol. The van der Waals surface area contributed by atoms with Crippen molar-refractivity contribution in [2.75, 3.05) is 13.6 Å². The number of aromatic amines is 1. The number of H-pyrrole nitrogens is 1. The number of carbonyl (C=O) groups is 1. The van der Waals surface area contributed by atoms with Crippen LogP contribution in [0.5, 0.6) is 0 Å². The summed E-state index contributed by atoms with van der Waals surface area (Å²) in [6.07, 6.45) is 4.33. The molecule has 1 aliphatic heterocycles. The minimum absolute atomic E-state index is 0.121. The van der Waals surface area contributed by atoms with E-state index in [4.69, 9.17) is 0 Å². The lowest BCUT2D eigenvalue weighted by molar-refractivity contribution is -0.127. The largest absolute Gasteiger partial charge is 0.374 e. The Kier molecular flexibility index (Phi) is 3.28. The SMILES string of the molecule is CC(O)NC(=O)C1C=C2c3cccc4[nH]cc(c34)CC2N(C)C1. The molecular formula is C18H21N3O2. The van der Waals surface area contributed by atoms with E-state index in [0.717, 1.165) is 11.9 Å². The number of rotatable bonds is 2. The first-order chi connectivity index (χ1) is 11.0. The van der Waals surface area contributed by atoms with E-state index in [-0.39, 0.29) is 11.8 Å². The predicted molar refractivity (Wildman–Crippen MR) is 89.7 cm³/mol. The molecule has 23 heavy (non-hydrogen) atoms. The highest BCUT2D eigenvalue weighted by Gasteiger charge is 2.35. The summed E-state index contributed by atoms with van der Waals surface area (Å²) in [7, 11) is 2.07. The molecule has 0 bridgehead atoms. The highest BCUT2D eigenvalue weighted by atomic mass is 16.3. The van der Waals surface area contributed by atoms with Gasteiger partial charge >= 0.3 is 0 Å². The lowest BCUT2D eigenvalue weighted by atomic mass is 9.80. The number of hydrogen-bond donors (Lipinski definition) is 3. The first-order valence-corrected chi connectivity index (χ1v) is 8.04. The zero-order chi connectivity index (χ0) is 16.1. The number of aromatic nitrogens is 1. The monoisotopic (exact) mass is 311 g/mol. The first kappa shape index (κ1) is 14.5. The smallest absolute Gasteiger partial charge is 0.230 e. The molecule has 0 saturated heterocycles. The molecule has 5 nitrogen and oxygen atoms in total. The number of hydrogen-bond acceptors (Lipinski definition) is 3. The molecule has 4 rings (SSSR count).